The molecule has 0 amide bonds. The molecule has 0 spiro atoms. The van der Waals surface area contributed by atoms with Crippen molar-refractivity contribution in [2.24, 2.45) is 0 Å². The molecule has 0 saturated carbocycles. The van der Waals surface area contributed by atoms with Crippen LogP contribution in [0.15, 0.2) is 36.8 Å². The quantitative estimate of drug-likeness (QED) is 0.463. The first-order valence-corrected chi connectivity index (χ1v) is 10.1. The molecule has 2 N–H and O–H groups in total. The van der Waals surface area contributed by atoms with Crippen LogP contribution in [-0.4, -0.2) is 33.6 Å². The summed E-state index contributed by atoms with van der Waals surface area (Å²) < 4.78 is 5.36. The van der Waals surface area contributed by atoms with E-state index in [1.54, 1.807) is 0 Å². The minimum absolute atomic E-state index is 0.156. The average molecular weight is 395 g/mol. The first-order chi connectivity index (χ1) is 13.5. The number of aryl methyl sites for hydroxylation is 1. The zero-order valence-electron chi connectivity index (χ0n) is 16.1. The molecule has 7 heteroatoms. The molecule has 28 heavy (non-hydrogen) atoms. The first-order valence-electron chi connectivity index (χ1n) is 9.28. The molecule has 0 unspecified atom stereocenters. The predicted octanol–water partition coefficient (Wildman–Crippen LogP) is 4.70. The van der Waals surface area contributed by atoms with Crippen molar-refractivity contribution in [2.45, 2.75) is 33.3 Å². The van der Waals surface area contributed by atoms with Crippen LogP contribution in [0.5, 0.6) is 0 Å². The maximum atomic E-state index is 12.4. The minimum atomic E-state index is -0.305. The van der Waals surface area contributed by atoms with Crippen molar-refractivity contribution in [3.8, 4) is 0 Å². The van der Waals surface area contributed by atoms with Crippen LogP contribution in [-0.2, 0) is 11.2 Å². The summed E-state index contributed by atoms with van der Waals surface area (Å²) in [6, 6.07) is 8.28. The number of rotatable bonds is 6. The van der Waals surface area contributed by atoms with E-state index in [0.29, 0.717) is 4.88 Å². The van der Waals surface area contributed by atoms with Gasteiger partial charge in [0, 0.05) is 23.6 Å². The lowest BCUT2D eigenvalue weighted by molar-refractivity contribution is 0.0383. The lowest BCUT2D eigenvalue weighted by atomic mass is 10.1. The van der Waals surface area contributed by atoms with Gasteiger partial charge >= 0.3 is 5.97 Å². The molecule has 4 rings (SSSR count). The highest BCUT2D eigenvalue weighted by Gasteiger charge is 2.21. The van der Waals surface area contributed by atoms with E-state index in [-0.39, 0.29) is 12.1 Å². The third kappa shape index (κ3) is 3.45. The van der Waals surface area contributed by atoms with Gasteiger partial charge in [0.1, 0.15) is 21.9 Å². The van der Waals surface area contributed by atoms with Gasteiger partial charge in [-0.05, 0) is 44.4 Å². The number of fused-ring (bicyclic) bond motifs is 2. The molecule has 144 valence electrons. The fraction of sp³-hybridized carbons (Fsp3) is 0.286. The molecule has 0 aliphatic carbocycles. The Bertz CT molecular complexity index is 1150. The largest absolute Gasteiger partial charge is 0.459 e. The normalized spacial score (nSPS) is 11.4. The molecule has 0 saturated heterocycles. The Balaban J connectivity index is 1.55. The number of para-hydroxylation sites is 1. The summed E-state index contributed by atoms with van der Waals surface area (Å²) in [4.78, 5) is 25.8. The molecule has 0 atom stereocenters. The standard InChI is InChI=1S/C21H22N4O2S/c1-12(2)27-21(26)18-13(3)17-19(24-11-25-20(17)28-18)22-9-8-14-10-23-16-7-5-4-6-15(14)16/h4-7,10-12,23H,8-9H2,1-3H3,(H,22,24,25). The Morgan fingerprint density at radius 3 is 2.93 bits per heavy atom. The zero-order valence-corrected chi connectivity index (χ0v) is 16.9. The zero-order chi connectivity index (χ0) is 19.7. The number of H-pyrrole nitrogens is 1. The van der Waals surface area contributed by atoms with Crippen LogP contribution in [0.3, 0.4) is 0 Å². The number of carbonyl (C=O) groups excluding carboxylic acids is 1. The molecular formula is C21H22N4O2S. The van der Waals surface area contributed by atoms with Gasteiger partial charge in [-0.2, -0.15) is 0 Å². The summed E-state index contributed by atoms with van der Waals surface area (Å²) in [7, 11) is 0. The topological polar surface area (TPSA) is 79.9 Å². The van der Waals surface area contributed by atoms with Crippen LogP contribution in [0.1, 0.15) is 34.6 Å². The number of hydrogen-bond donors (Lipinski definition) is 2. The van der Waals surface area contributed by atoms with Crippen molar-refractivity contribution >= 4 is 44.2 Å². The maximum Gasteiger partial charge on any atom is 0.348 e. The Hall–Kier alpha value is -2.93. The van der Waals surface area contributed by atoms with Crippen LogP contribution in [0.25, 0.3) is 21.1 Å². The lowest BCUT2D eigenvalue weighted by Crippen LogP contribution is -2.11. The molecule has 0 aliphatic heterocycles. The number of esters is 1. The van der Waals surface area contributed by atoms with Crippen molar-refractivity contribution in [1.29, 1.82) is 0 Å². The Morgan fingerprint density at radius 2 is 2.11 bits per heavy atom. The molecule has 3 aromatic heterocycles. The number of aromatic amines is 1. The van der Waals surface area contributed by atoms with Gasteiger partial charge in [-0.3, -0.25) is 0 Å². The van der Waals surface area contributed by atoms with Gasteiger partial charge < -0.3 is 15.0 Å². The third-order valence-corrected chi connectivity index (χ3v) is 5.80. The lowest BCUT2D eigenvalue weighted by Gasteiger charge is -2.08. The predicted molar refractivity (Wildman–Crippen MR) is 113 cm³/mol. The molecule has 0 aliphatic rings. The second-order valence-corrected chi connectivity index (χ2v) is 7.95. The highest BCUT2D eigenvalue weighted by Crippen LogP contribution is 2.33. The molecule has 0 radical (unpaired) electrons. The van der Waals surface area contributed by atoms with Crippen LogP contribution >= 0.6 is 11.3 Å². The smallest absolute Gasteiger partial charge is 0.348 e. The summed E-state index contributed by atoms with van der Waals surface area (Å²) in [6.07, 6.45) is 4.29. The second-order valence-electron chi connectivity index (χ2n) is 6.95. The maximum absolute atomic E-state index is 12.4. The van der Waals surface area contributed by atoms with E-state index < -0.39 is 0 Å². The number of thiophene rings is 1. The van der Waals surface area contributed by atoms with Gasteiger partial charge in [0.25, 0.3) is 0 Å². The van der Waals surface area contributed by atoms with Gasteiger partial charge in [-0.15, -0.1) is 11.3 Å². The number of nitrogens with one attached hydrogen (secondary N) is 2. The number of benzene rings is 1. The fourth-order valence-corrected chi connectivity index (χ4v) is 4.35. The fourth-order valence-electron chi connectivity index (χ4n) is 3.32. The van der Waals surface area contributed by atoms with Crippen LogP contribution in [0.2, 0.25) is 0 Å². The van der Waals surface area contributed by atoms with E-state index in [9.17, 15) is 4.79 Å². The Morgan fingerprint density at radius 1 is 1.29 bits per heavy atom. The number of hydrogen-bond acceptors (Lipinski definition) is 6. The second kappa shape index (κ2) is 7.59. The van der Waals surface area contributed by atoms with E-state index in [4.69, 9.17) is 4.74 Å². The van der Waals surface area contributed by atoms with Crippen LogP contribution < -0.4 is 5.32 Å². The molecule has 6 nitrogen and oxygen atoms in total. The molecular weight excluding hydrogens is 372 g/mol. The summed E-state index contributed by atoms with van der Waals surface area (Å²) >= 11 is 1.35. The summed E-state index contributed by atoms with van der Waals surface area (Å²) in [5, 5.41) is 5.54. The molecule has 0 bridgehead atoms. The monoisotopic (exact) mass is 394 g/mol. The highest BCUT2D eigenvalue weighted by atomic mass is 32.1. The van der Waals surface area contributed by atoms with E-state index in [1.165, 1.54) is 28.6 Å². The number of carbonyl (C=O) groups is 1. The van der Waals surface area contributed by atoms with Crippen molar-refractivity contribution in [3.63, 3.8) is 0 Å². The summed E-state index contributed by atoms with van der Waals surface area (Å²) in [5.74, 6) is 0.447. The van der Waals surface area contributed by atoms with E-state index >= 15 is 0 Å². The Labute approximate surface area is 167 Å². The Kier molecular flexibility index (Phi) is 5.00. The van der Waals surface area contributed by atoms with Crippen molar-refractivity contribution < 1.29 is 9.53 Å². The minimum Gasteiger partial charge on any atom is -0.459 e. The van der Waals surface area contributed by atoms with E-state index in [1.807, 2.05) is 32.9 Å². The molecule has 3 heterocycles. The molecule has 4 aromatic rings. The van der Waals surface area contributed by atoms with Crippen molar-refractivity contribution in [2.75, 3.05) is 11.9 Å². The van der Waals surface area contributed by atoms with Gasteiger partial charge in [0.2, 0.25) is 0 Å². The number of aromatic nitrogens is 3. The van der Waals surface area contributed by atoms with Crippen LogP contribution in [0.4, 0.5) is 5.82 Å². The SMILES string of the molecule is Cc1c(C(=O)OC(C)C)sc2ncnc(NCCc3c[nH]c4ccccc34)c12. The number of anilines is 1. The summed E-state index contributed by atoms with van der Waals surface area (Å²) in [5.41, 5.74) is 3.27. The average Bonchev–Trinajstić information content (AvgIpc) is 3.23. The number of nitrogens with zero attached hydrogens (tertiary/aromatic N) is 2. The van der Waals surface area contributed by atoms with Gasteiger partial charge in [-0.1, -0.05) is 18.2 Å². The van der Waals surface area contributed by atoms with E-state index in [0.717, 1.165) is 40.1 Å². The van der Waals surface area contributed by atoms with Gasteiger partial charge in [0.05, 0.1) is 11.5 Å². The first kappa shape index (κ1) is 18.4. The third-order valence-electron chi connectivity index (χ3n) is 4.62. The van der Waals surface area contributed by atoms with Crippen molar-refractivity contribution in [1.82, 2.24) is 15.0 Å². The number of ether oxygens (including phenoxy) is 1. The molecule has 0 fully saturated rings. The van der Waals surface area contributed by atoms with Crippen LogP contribution in [0, 0.1) is 6.92 Å². The van der Waals surface area contributed by atoms with Crippen molar-refractivity contribution in [3.05, 3.63) is 52.8 Å². The molecule has 1 aromatic carbocycles. The van der Waals surface area contributed by atoms with E-state index in [2.05, 4.69) is 38.6 Å². The van der Waals surface area contributed by atoms with Gasteiger partial charge in [-0.25, -0.2) is 14.8 Å². The summed E-state index contributed by atoms with van der Waals surface area (Å²) in [6.45, 7) is 6.34. The van der Waals surface area contributed by atoms with Gasteiger partial charge in [0.15, 0.2) is 0 Å². The highest BCUT2D eigenvalue weighted by molar-refractivity contribution is 7.20.